The Morgan fingerprint density at radius 1 is 1.17 bits per heavy atom. The number of fused-ring (bicyclic) bond motifs is 3. The Morgan fingerprint density at radius 2 is 1.83 bits per heavy atom. The highest BCUT2D eigenvalue weighted by molar-refractivity contribution is 5.22. The number of hydrogen-bond donors (Lipinski definition) is 1. The minimum Gasteiger partial charge on any atom is -0.391 e. The molecule has 2 bridgehead atoms. The second-order valence-electron chi connectivity index (χ2n) is 5.66. The van der Waals surface area contributed by atoms with E-state index in [1.54, 1.807) is 0 Å². The van der Waals surface area contributed by atoms with Crippen LogP contribution in [0, 0.1) is 6.92 Å². The molecule has 0 radical (unpaired) electrons. The van der Waals surface area contributed by atoms with Crippen molar-refractivity contribution in [3.05, 3.63) is 35.4 Å². The van der Waals surface area contributed by atoms with Gasteiger partial charge in [0.1, 0.15) is 0 Å². The van der Waals surface area contributed by atoms with Crippen LogP contribution in [0.2, 0.25) is 0 Å². The van der Waals surface area contributed by atoms with Crippen LogP contribution in [0.4, 0.5) is 0 Å². The number of aliphatic hydroxyl groups is 1. The summed E-state index contributed by atoms with van der Waals surface area (Å²) in [6, 6.07) is 8.84. The van der Waals surface area contributed by atoms with E-state index >= 15 is 0 Å². The normalized spacial score (nSPS) is 32.4. The lowest BCUT2D eigenvalue weighted by Crippen LogP contribution is -2.64. The summed E-state index contributed by atoms with van der Waals surface area (Å²) in [5.41, 5.74) is 2.52. The number of hydrogen-bond acceptors (Lipinski definition) is 3. The molecular weight excluding hydrogens is 224 g/mol. The molecule has 0 saturated carbocycles. The highest BCUT2D eigenvalue weighted by Gasteiger charge is 2.35. The zero-order chi connectivity index (χ0) is 12.5. The van der Waals surface area contributed by atoms with Crippen LogP contribution in [0.25, 0.3) is 0 Å². The zero-order valence-corrected chi connectivity index (χ0v) is 11.0. The van der Waals surface area contributed by atoms with Gasteiger partial charge in [0, 0.05) is 38.8 Å². The molecule has 98 valence electrons. The van der Waals surface area contributed by atoms with E-state index in [2.05, 4.69) is 41.0 Å². The Labute approximate surface area is 109 Å². The third kappa shape index (κ3) is 2.44. The molecule has 3 aliphatic heterocycles. The molecule has 3 heterocycles. The van der Waals surface area contributed by atoms with Crippen LogP contribution in [-0.2, 0) is 6.42 Å². The van der Waals surface area contributed by atoms with Crippen molar-refractivity contribution in [2.45, 2.75) is 25.5 Å². The minimum absolute atomic E-state index is 0.240. The highest BCUT2D eigenvalue weighted by Crippen LogP contribution is 2.20. The number of aliphatic hydroxyl groups excluding tert-OH is 1. The lowest BCUT2D eigenvalue weighted by molar-refractivity contribution is -0.0453. The summed E-state index contributed by atoms with van der Waals surface area (Å²) in [5.74, 6) is 0. The molecule has 4 rings (SSSR count). The smallest absolute Gasteiger partial charge is 0.0748 e. The molecular formula is C15H22N2O. The summed E-state index contributed by atoms with van der Waals surface area (Å²) in [6.45, 7) is 7.72. The van der Waals surface area contributed by atoms with E-state index in [1.807, 2.05) is 0 Å². The summed E-state index contributed by atoms with van der Waals surface area (Å²) in [7, 11) is 0. The van der Waals surface area contributed by atoms with Crippen molar-refractivity contribution < 1.29 is 5.11 Å². The molecule has 2 atom stereocenters. The Morgan fingerprint density at radius 3 is 2.39 bits per heavy atom. The summed E-state index contributed by atoms with van der Waals surface area (Å²) in [5, 5.41) is 10.5. The molecule has 18 heavy (non-hydrogen) atoms. The summed E-state index contributed by atoms with van der Waals surface area (Å²) >= 11 is 0. The van der Waals surface area contributed by atoms with Crippen molar-refractivity contribution in [1.82, 2.24) is 9.80 Å². The molecule has 3 fully saturated rings. The van der Waals surface area contributed by atoms with E-state index in [1.165, 1.54) is 24.2 Å². The lowest BCUT2D eigenvalue weighted by atomic mass is 9.96. The molecule has 1 aromatic carbocycles. The Hall–Kier alpha value is -0.900. The summed E-state index contributed by atoms with van der Waals surface area (Å²) < 4.78 is 0. The van der Waals surface area contributed by atoms with Crippen molar-refractivity contribution >= 4 is 0 Å². The van der Waals surface area contributed by atoms with Gasteiger partial charge >= 0.3 is 0 Å². The lowest BCUT2D eigenvalue weighted by Gasteiger charge is -2.49. The van der Waals surface area contributed by atoms with Gasteiger partial charge in [0.05, 0.1) is 6.10 Å². The van der Waals surface area contributed by atoms with Gasteiger partial charge in [-0.15, -0.1) is 0 Å². The van der Waals surface area contributed by atoms with Crippen molar-refractivity contribution in [2.75, 3.05) is 32.7 Å². The van der Waals surface area contributed by atoms with E-state index in [4.69, 9.17) is 0 Å². The fourth-order valence-electron chi connectivity index (χ4n) is 3.12. The van der Waals surface area contributed by atoms with Gasteiger partial charge in [-0.1, -0.05) is 29.8 Å². The number of aryl methyl sites for hydroxylation is 1. The van der Waals surface area contributed by atoms with Crippen molar-refractivity contribution in [3.8, 4) is 0 Å². The number of benzene rings is 1. The second-order valence-corrected chi connectivity index (χ2v) is 5.66. The number of piperazine rings is 3. The van der Waals surface area contributed by atoms with Gasteiger partial charge in [0.15, 0.2) is 0 Å². The molecule has 1 N–H and O–H groups in total. The van der Waals surface area contributed by atoms with Crippen LogP contribution in [0.15, 0.2) is 24.3 Å². The molecule has 0 aromatic heterocycles. The zero-order valence-electron chi connectivity index (χ0n) is 11.0. The van der Waals surface area contributed by atoms with Gasteiger partial charge in [-0.05, 0) is 18.9 Å². The quantitative estimate of drug-likeness (QED) is 0.858. The first-order valence-electron chi connectivity index (χ1n) is 6.92. The van der Waals surface area contributed by atoms with E-state index in [0.717, 1.165) is 26.1 Å². The molecule has 0 spiro atoms. The van der Waals surface area contributed by atoms with Crippen molar-refractivity contribution in [3.63, 3.8) is 0 Å². The van der Waals surface area contributed by atoms with Crippen LogP contribution >= 0.6 is 0 Å². The average molecular weight is 246 g/mol. The van der Waals surface area contributed by atoms with Crippen LogP contribution in [0.5, 0.6) is 0 Å². The summed E-state index contributed by atoms with van der Waals surface area (Å²) in [6.07, 6.45) is 0.533. The molecule has 2 unspecified atom stereocenters. The molecule has 1 aromatic rings. The Bertz CT molecular complexity index is 395. The fourth-order valence-corrected chi connectivity index (χ4v) is 3.12. The molecule has 0 aliphatic carbocycles. The monoisotopic (exact) mass is 246 g/mol. The topological polar surface area (TPSA) is 26.7 Å². The summed E-state index contributed by atoms with van der Waals surface area (Å²) in [4.78, 5) is 4.93. The van der Waals surface area contributed by atoms with Gasteiger partial charge in [0.2, 0.25) is 0 Å². The van der Waals surface area contributed by atoms with Gasteiger partial charge < -0.3 is 5.11 Å². The Balaban J connectivity index is 1.64. The maximum atomic E-state index is 10.5. The maximum absolute atomic E-state index is 10.5. The van der Waals surface area contributed by atoms with Crippen molar-refractivity contribution in [2.24, 2.45) is 0 Å². The largest absolute Gasteiger partial charge is 0.391 e. The van der Waals surface area contributed by atoms with Crippen LogP contribution < -0.4 is 0 Å². The molecule has 0 amide bonds. The van der Waals surface area contributed by atoms with Gasteiger partial charge in [0.25, 0.3) is 0 Å². The fraction of sp³-hybridized carbons (Fsp3) is 0.600. The minimum atomic E-state index is -0.240. The third-order valence-corrected chi connectivity index (χ3v) is 4.33. The van der Waals surface area contributed by atoms with Crippen LogP contribution in [-0.4, -0.2) is 59.8 Å². The predicted octanol–water partition coefficient (Wildman–Crippen LogP) is 0.898. The van der Waals surface area contributed by atoms with Gasteiger partial charge in [-0.25, -0.2) is 0 Å². The third-order valence-electron chi connectivity index (χ3n) is 4.33. The highest BCUT2D eigenvalue weighted by atomic mass is 16.3. The first-order valence-corrected chi connectivity index (χ1v) is 6.92. The first kappa shape index (κ1) is 12.2. The Kier molecular flexibility index (Phi) is 3.37. The second kappa shape index (κ2) is 5.00. The van der Waals surface area contributed by atoms with E-state index in [9.17, 15) is 5.11 Å². The van der Waals surface area contributed by atoms with Gasteiger partial charge in [-0.2, -0.15) is 0 Å². The maximum Gasteiger partial charge on any atom is 0.0748 e. The van der Waals surface area contributed by atoms with E-state index < -0.39 is 0 Å². The standard InChI is InChI=1S/C15H22N2O/c1-12-2-4-13(5-3-12)10-15(18)14-11-16-6-8-17(14)9-7-16/h2-5,14-15,18H,6-11H2,1H3. The molecule has 3 nitrogen and oxygen atoms in total. The SMILES string of the molecule is Cc1ccc(CC(O)C2CN3CCN2CC3)cc1. The van der Waals surface area contributed by atoms with Crippen molar-refractivity contribution in [1.29, 1.82) is 0 Å². The number of rotatable bonds is 3. The van der Waals surface area contributed by atoms with Gasteiger partial charge in [-0.3, -0.25) is 9.80 Å². The number of nitrogens with zero attached hydrogens (tertiary/aromatic N) is 2. The molecule has 3 aliphatic rings. The van der Waals surface area contributed by atoms with Crippen LogP contribution in [0.3, 0.4) is 0 Å². The predicted molar refractivity (Wildman–Crippen MR) is 72.7 cm³/mol. The average Bonchev–Trinajstić information content (AvgIpc) is 2.42. The van der Waals surface area contributed by atoms with E-state index in [-0.39, 0.29) is 6.10 Å². The van der Waals surface area contributed by atoms with E-state index in [0.29, 0.717) is 6.04 Å². The molecule has 3 heteroatoms. The molecule has 3 saturated heterocycles. The first-order chi connectivity index (χ1) is 8.72. The van der Waals surface area contributed by atoms with Crippen LogP contribution in [0.1, 0.15) is 11.1 Å².